The summed E-state index contributed by atoms with van der Waals surface area (Å²) in [5.41, 5.74) is 1.38. The van der Waals surface area contributed by atoms with Gasteiger partial charge in [-0.1, -0.05) is 6.07 Å². The fourth-order valence-corrected chi connectivity index (χ4v) is 1.22. The molecule has 0 amide bonds. The van der Waals surface area contributed by atoms with Gasteiger partial charge in [-0.3, -0.25) is 0 Å². The Balaban J connectivity index is 2.59. The summed E-state index contributed by atoms with van der Waals surface area (Å²) in [7, 11) is 0. The number of nitriles is 1. The summed E-state index contributed by atoms with van der Waals surface area (Å²) >= 11 is 0. The molecule has 1 aromatic heterocycles. The Morgan fingerprint density at radius 2 is 2.47 bits per heavy atom. The molecule has 1 rings (SSSR count). The second-order valence-corrected chi connectivity index (χ2v) is 3.31. The first-order chi connectivity index (χ1) is 7.27. The first-order valence-corrected chi connectivity index (χ1v) is 4.78. The topological polar surface area (TPSA) is 48.7 Å². The summed E-state index contributed by atoms with van der Waals surface area (Å²) in [4.78, 5) is 3.98. The lowest BCUT2D eigenvalue weighted by atomic mass is 10.2. The molecule has 0 aromatic carbocycles. The van der Waals surface area contributed by atoms with E-state index in [2.05, 4.69) is 22.3 Å². The normalized spacial score (nSPS) is 11.4. The van der Waals surface area contributed by atoms with Crippen LogP contribution < -0.4 is 5.32 Å². The minimum atomic E-state index is 0.252. The van der Waals surface area contributed by atoms with Crippen molar-refractivity contribution in [3.63, 3.8) is 0 Å². The first-order valence-electron chi connectivity index (χ1n) is 4.78. The molecule has 0 bridgehead atoms. The number of nitrogens with zero attached hydrogens (tertiary/aromatic N) is 2. The lowest BCUT2D eigenvalue weighted by molar-refractivity contribution is 0.558. The quantitative estimate of drug-likeness (QED) is 0.747. The van der Waals surface area contributed by atoms with Crippen molar-refractivity contribution in [2.24, 2.45) is 0 Å². The fourth-order valence-electron chi connectivity index (χ4n) is 1.22. The highest BCUT2D eigenvalue weighted by Crippen LogP contribution is 2.04. The Morgan fingerprint density at radius 1 is 1.67 bits per heavy atom. The Bertz CT molecular complexity index is 398. The molecule has 1 heterocycles. The SMILES string of the molecule is C#CCC(C)NCc1cccnc1C#N. The molecule has 0 saturated carbocycles. The van der Waals surface area contributed by atoms with E-state index in [1.165, 1.54) is 0 Å². The molecule has 0 radical (unpaired) electrons. The Labute approximate surface area is 90.1 Å². The molecule has 0 aliphatic heterocycles. The predicted octanol–water partition coefficient (Wildman–Crippen LogP) is 1.45. The van der Waals surface area contributed by atoms with Crippen molar-refractivity contribution in [3.05, 3.63) is 29.6 Å². The third-order valence-corrected chi connectivity index (χ3v) is 2.06. The van der Waals surface area contributed by atoms with Crippen molar-refractivity contribution >= 4 is 0 Å². The van der Waals surface area contributed by atoms with Gasteiger partial charge in [-0.15, -0.1) is 12.3 Å². The van der Waals surface area contributed by atoms with Gasteiger partial charge in [0.15, 0.2) is 0 Å². The van der Waals surface area contributed by atoms with E-state index in [4.69, 9.17) is 11.7 Å². The molecule has 76 valence electrons. The smallest absolute Gasteiger partial charge is 0.144 e. The molecule has 3 nitrogen and oxygen atoms in total. The van der Waals surface area contributed by atoms with E-state index in [1.54, 1.807) is 6.20 Å². The van der Waals surface area contributed by atoms with E-state index in [-0.39, 0.29) is 6.04 Å². The molecule has 1 aromatic rings. The number of terminal acetylenes is 1. The van der Waals surface area contributed by atoms with Crippen molar-refractivity contribution in [1.82, 2.24) is 10.3 Å². The summed E-state index contributed by atoms with van der Waals surface area (Å²) in [5.74, 6) is 2.59. The van der Waals surface area contributed by atoms with Crippen LogP contribution in [0.1, 0.15) is 24.6 Å². The van der Waals surface area contributed by atoms with Crippen molar-refractivity contribution in [2.75, 3.05) is 0 Å². The van der Waals surface area contributed by atoms with Crippen molar-refractivity contribution in [1.29, 1.82) is 5.26 Å². The largest absolute Gasteiger partial charge is 0.309 e. The van der Waals surface area contributed by atoms with Crippen LogP contribution in [0.15, 0.2) is 18.3 Å². The molecule has 1 N–H and O–H groups in total. The standard InChI is InChI=1S/C12H13N3/c1-3-5-10(2)15-9-11-6-4-7-14-12(11)8-13/h1,4,6-7,10,15H,5,9H2,2H3. The van der Waals surface area contributed by atoms with Crippen LogP contribution in [0.3, 0.4) is 0 Å². The number of nitrogens with one attached hydrogen (secondary N) is 1. The van der Waals surface area contributed by atoms with Crippen LogP contribution in [0.2, 0.25) is 0 Å². The Hall–Kier alpha value is -1.84. The monoisotopic (exact) mass is 199 g/mol. The second-order valence-electron chi connectivity index (χ2n) is 3.31. The lowest BCUT2D eigenvalue weighted by Gasteiger charge is -2.10. The van der Waals surface area contributed by atoms with Crippen molar-refractivity contribution in [3.8, 4) is 18.4 Å². The zero-order valence-corrected chi connectivity index (χ0v) is 8.70. The molecular formula is C12H13N3. The maximum absolute atomic E-state index is 8.81. The van der Waals surface area contributed by atoms with Crippen LogP contribution in [0, 0.1) is 23.7 Å². The minimum Gasteiger partial charge on any atom is -0.309 e. The Kier molecular flexibility index (Phi) is 4.34. The van der Waals surface area contributed by atoms with E-state index in [9.17, 15) is 0 Å². The van der Waals surface area contributed by atoms with Gasteiger partial charge in [0.05, 0.1) is 0 Å². The van der Waals surface area contributed by atoms with Gasteiger partial charge < -0.3 is 5.32 Å². The van der Waals surface area contributed by atoms with E-state index in [0.717, 1.165) is 5.56 Å². The number of rotatable bonds is 4. The van der Waals surface area contributed by atoms with Crippen molar-refractivity contribution in [2.45, 2.75) is 25.9 Å². The molecule has 0 spiro atoms. The van der Waals surface area contributed by atoms with Crippen LogP contribution in [-0.2, 0) is 6.54 Å². The van der Waals surface area contributed by atoms with Gasteiger partial charge in [0.1, 0.15) is 11.8 Å². The molecule has 15 heavy (non-hydrogen) atoms. The maximum atomic E-state index is 8.81. The number of aromatic nitrogens is 1. The molecule has 0 aliphatic rings. The van der Waals surface area contributed by atoms with E-state index >= 15 is 0 Å². The van der Waals surface area contributed by atoms with E-state index in [1.807, 2.05) is 19.1 Å². The highest BCUT2D eigenvalue weighted by Gasteiger charge is 2.03. The molecule has 1 unspecified atom stereocenters. The Morgan fingerprint density at radius 3 is 3.13 bits per heavy atom. The van der Waals surface area contributed by atoms with Crippen molar-refractivity contribution < 1.29 is 0 Å². The van der Waals surface area contributed by atoms with Gasteiger partial charge in [-0.05, 0) is 13.0 Å². The summed E-state index contributed by atoms with van der Waals surface area (Å²) in [5, 5.41) is 12.1. The van der Waals surface area contributed by atoms with Gasteiger partial charge in [0, 0.05) is 30.8 Å². The van der Waals surface area contributed by atoms with Crippen LogP contribution in [0.5, 0.6) is 0 Å². The fraction of sp³-hybridized carbons (Fsp3) is 0.333. The van der Waals surface area contributed by atoms with Crippen LogP contribution >= 0.6 is 0 Å². The third kappa shape index (κ3) is 3.42. The zero-order valence-electron chi connectivity index (χ0n) is 8.70. The molecule has 0 saturated heterocycles. The summed E-state index contributed by atoms with van der Waals surface area (Å²) in [6.45, 7) is 2.64. The van der Waals surface area contributed by atoms with Gasteiger partial charge in [0.25, 0.3) is 0 Å². The van der Waals surface area contributed by atoms with Crippen LogP contribution in [0.25, 0.3) is 0 Å². The van der Waals surface area contributed by atoms with E-state index < -0.39 is 0 Å². The summed E-state index contributed by atoms with van der Waals surface area (Å²) in [6, 6.07) is 6.02. The highest BCUT2D eigenvalue weighted by atomic mass is 14.9. The average molecular weight is 199 g/mol. The number of hydrogen-bond donors (Lipinski definition) is 1. The summed E-state index contributed by atoms with van der Waals surface area (Å²) < 4.78 is 0. The van der Waals surface area contributed by atoms with Gasteiger partial charge in [-0.25, -0.2) is 4.98 Å². The first kappa shape index (κ1) is 11.2. The molecule has 3 heteroatoms. The van der Waals surface area contributed by atoms with Crippen LogP contribution in [-0.4, -0.2) is 11.0 Å². The molecule has 0 fully saturated rings. The number of pyridine rings is 1. The minimum absolute atomic E-state index is 0.252. The lowest BCUT2D eigenvalue weighted by Crippen LogP contribution is -2.25. The highest BCUT2D eigenvalue weighted by molar-refractivity contribution is 5.30. The zero-order chi connectivity index (χ0) is 11.1. The summed E-state index contributed by atoms with van der Waals surface area (Å²) in [6.07, 6.45) is 7.50. The predicted molar refractivity (Wildman–Crippen MR) is 58.7 cm³/mol. The second kappa shape index (κ2) is 5.80. The van der Waals surface area contributed by atoms with E-state index in [0.29, 0.717) is 18.7 Å². The average Bonchev–Trinajstić information content (AvgIpc) is 2.27. The molecular weight excluding hydrogens is 186 g/mol. The van der Waals surface area contributed by atoms with Gasteiger partial charge >= 0.3 is 0 Å². The molecule has 1 atom stereocenters. The number of hydrogen-bond acceptors (Lipinski definition) is 3. The molecule has 0 aliphatic carbocycles. The third-order valence-electron chi connectivity index (χ3n) is 2.06. The van der Waals surface area contributed by atoms with Gasteiger partial charge in [0.2, 0.25) is 0 Å². The maximum Gasteiger partial charge on any atom is 0.144 e. The van der Waals surface area contributed by atoms with Crippen LogP contribution in [0.4, 0.5) is 0 Å². The van der Waals surface area contributed by atoms with Gasteiger partial charge in [-0.2, -0.15) is 5.26 Å².